The number of hydrogen-bond donors (Lipinski definition) is 3. The molecule has 3 N–H and O–H groups in total. The van der Waals surface area contributed by atoms with Crippen LogP contribution >= 0.6 is 11.6 Å². The van der Waals surface area contributed by atoms with E-state index in [-0.39, 0.29) is 11.6 Å². The summed E-state index contributed by atoms with van der Waals surface area (Å²) in [6.45, 7) is 2.52. The van der Waals surface area contributed by atoms with Crippen LogP contribution in [0.4, 0.5) is 16.2 Å². The second-order valence-corrected chi connectivity index (χ2v) is 8.34. The predicted molar refractivity (Wildman–Crippen MR) is 123 cm³/mol. The summed E-state index contributed by atoms with van der Waals surface area (Å²) in [7, 11) is 1.48. The molecule has 0 saturated heterocycles. The molecule has 1 aliphatic carbocycles. The quantitative estimate of drug-likeness (QED) is 0.465. The third-order valence-electron chi connectivity index (χ3n) is 5.47. The van der Waals surface area contributed by atoms with Crippen LogP contribution < -0.4 is 20.5 Å². The molecule has 1 fully saturated rings. The van der Waals surface area contributed by atoms with Crippen molar-refractivity contribution in [1.29, 1.82) is 0 Å². The van der Waals surface area contributed by atoms with E-state index in [4.69, 9.17) is 21.4 Å². The molecule has 1 amide bonds. The Kier molecular flexibility index (Phi) is 5.78. The van der Waals surface area contributed by atoms with Crippen molar-refractivity contribution in [2.45, 2.75) is 25.8 Å². The van der Waals surface area contributed by atoms with Crippen molar-refractivity contribution < 1.29 is 14.6 Å². The maximum absolute atomic E-state index is 12.7. The van der Waals surface area contributed by atoms with Gasteiger partial charge >= 0.3 is 6.09 Å². The van der Waals surface area contributed by atoms with Crippen molar-refractivity contribution in [3.8, 4) is 5.75 Å². The number of anilines is 2. The minimum Gasteiger partial charge on any atom is -0.492 e. The number of nitrogens with one attached hydrogen (secondary N) is 2. The summed E-state index contributed by atoms with van der Waals surface area (Å²) < 4.78 is 5.80. The number of carbonyl (C=O) groups is 1. The normalized spacial score (nSPS) is 14.3. The average molecular weight is 442 g/mol. The Labute approximate surface area is 184 Å². The van der Waals surface area contributed by atoms with E-state index in [1.54, 1.807) is 30.3 Å². The van der Waals surface area contributed by atoms with E-state index in [1.807, 2.05) is 19.1 Å². The van der Waals surface area contributed by atoms with Crippen LogP contribution in [0.5, 0.6) is 5.75 Å². The fraction of sp³-hybridized carbons (Fsp3) is 0.304. The highest BCUT2D eigenvalue weighted by Crippen LogP contribution is 2.34. The van der Waals surface area contributed by atoms with Gasteiger partial charge in [-0.05, 0) is 56.0 Å². The van der Waals surface area contributed by atoms with E-state index in [0.29, 0.717) is 45.8 Å². The summed E-state index contributed by atoms with van der Waals surface area (Å²) in [5.41, 5.74) is 2.25. The Morgan fingerprint density at radius 1 is 1.32 bits per heavy atom. The molecule has 1 heterocycles. The Bertz CT molecular complexity index is 1190. The van der Waals surface area contributed by atoms with Gasteiger partial charge in [-0.15, -0.1) is 0 Å². The Balaban J connectivity index is 1.57. The third-order valence-corrected chi connectivity index (χ3v) is 5.76. The zero-order valence-corrected chi connectivity index (χ0v) is 18.1. The summed E-state index contributed by atoms with van der Waals surface area (Å²) >= 11 is 6.40. The minimum atomic E-state index is -1.05. The smallest absolute Gasteiger partial charge is 0.411 e. The molecular formula is C23H24ClN3O4. The molecular weight excluding hydrogens is 418 g/mol. The fourth-order valence-corrected chi connectivity index (χ4v) is 3.62. The Morgan fingerprint density at radius 2 is 2.10 bits per heavy atom. The lowest BCUT2D eigenvalue weighted by Gasteiger charge is -2.18. The number of amides is 1. The van der Waals surface area contributed by atoms with Gasteiger partial charge in [0.15, 0.2) is 0 Å². The van der Waals surface area contributed by atoms with Crippen LogP contribution in [0.3, 0.4) is 0 Å². The summed E-state index contributed by atoms with van der Waals surface area (Å²) in [4.78, 5) is 28.0. The molecule has 0 radical (unpaired) electrons. The number of nitrogens with zero attached hydrogens (tertiary/aromatic N) is 1. The van der Waals surface area contributed by atoms with Crippen LogP contribution in [0.2, 0.25) is 5.02 Å². The second-order valence-electron chi connectivity index (χ2n) is 7.94. The van der Waals surface area contributed by atoms with Gasteiger partial charge < -0.3 is 20.1 Å². The van der Waals surface area contributed by atoms with Crippen molar-refractivity contribution in [3.05, 3.63) is 63.4 Å². The van der Waals surface area contributed by atoms with Gasteiger partial charge in [-0.2, -0.15) is 0 Å². The topological polar surface area (TPSA) is 94.7 Å². The van der Waals surface area contributed by atoms with Gasteiger partial charge in [0.2, 0.25) is 0 Å². The molecule has 0 unspecified atom stereocenters. The molecule has 0 spiro atoms. The second kappa shape index (κ2) is 8.51. The summed E-state index contributed by atoms with van der Waals surface area (Å²) in [5, 5.41) is 13.8. The van der Waals surface area contributed by atoms with Crippen LogP contribution in [0.1, 0.15) is 31.4 Å². The lowest BCUT2D eigenvalue weighted by molar-refractivity contribution is 0.203. The van der Waals surface area contributed by atoms with Gasteiger partial charge in [-0.1, -0.05) is 17.7 Å². The minimum absolute atomic E-state index is 0.207. The number of ether oxygens (including phenoxy) is 1. The van der Waals surface area contributed by atoms with Crippen LogP contribution in [0, 0.1) is 5.92 Å². The van der Waals surface area contributed by atoms with Crippen molar-refractivity contribution in [2.75, 3.05) is 23.9 Å². The molecule has 3 aromatic rings. The highest BCUT2D eigenvalue weighted by molar-refractivity contribution is 6.32. The molecule has 1 aromatic heterocycles. The third kappa shape index (κ3) is 4.77. The first-order valence-electron chi connectivity index (χ1n) is 10.1. The van der Waals surface area contributed by atoms with Gasteiger partial charge in [0.25, 0.3) is 5.56 Å². The summed E-state index contributed by atoms with van der Waals surface area (Å²) in [5.74, 6) is 1.18. The van der Waals surface area contributed by atoms with Crippen molar-refractivity contribution in [1.82, 2.24) is 4.98 Å². The molecule has 1 atom stereocenters. The molecule has 1 saturated carbocycles. The van der Waals surface area contributed by atoms with E-state index < -0.39 is 6.09 Å². The average Bonchev–Trinajstić information content (AvgIpc) is 3.56. The first-order valence-corrected chi connectivity index (χ1v) is 10.5. The molecule has 0 aliphatic heterocycles. The van der Waals surface area contributed by atoms with Gasteiger partial charge in [0.1, 0.15) is 5.75 Å². The highest BCUT2D eigenvalue weighted by Gasteiger charge is 2.22. The highest BCUT2D eigenvalue weighted by atomic mass is 35.5. The molecule has 4 rings (SSSR count). The first-order chi connectivity index (χ1) is 14.8. The van der Waals surface area contributed by atoms with E-state index in [2.05, 4.69) is 10.3 Å². The zero-order chi connectivity index (χ0) is 22.1. The molecule has 8 heteroatoms. The van der Waals surface area contributed by atoms with Crippen molar-refractivity contribution >= 4 is 40.0 Å². The number of carboxylic acid groups (broad SMARTS) is 1. The van der Waals surface area contributed by atoms with Crippen molar-refractivity contribution in [2.24, 2.45) is 5.92 Å². The molecule has 7 nitrogen and oxygen atoms in total. The molecule has 0 bridgehead atoms. The maximum atomic E-state index is 12.7. The number of pyridine rings is 1. The molecule has 2 aromatic carbocycles. The Hall–Kier alpha value is -3.19. The van der Waals surface area contributed by atoms with E-state index >= 15 is 0 Å². The van der Waals surface area contributed by atoms with Gasteiger partial charge in [-0.3, -0.25) is 9.69 Å². The number of benzene rings is 2. The van der Waals surface area contributed by atoms with Gasteiger partial charge in [0.05, 0.1) is 23.2 Å². The van der Waals surface area contributed by atoms with Crippen LogP contribution in [-0.4, -0.2) is 29.8 Å². The molecule has 1 aliphatic rings. The fourth-order valence-electron chi connectivity index (χ4n) is 3.39. The summed E-state index contributed by atoms with van der Waals surface area (Å²) in [6, 6.07) is 12.1. The number of halogens is 1. The molecule has 31 heavy (non-hydrogen) atoms. The Morgan fingerprint density at radius 3 is 2.81 bits per heavy atom. The maximum Gasteiger partial charge on any atom is 0.411 e. The van der Waals surface area contributed by atoms with Gasteiger partial charge in [-0.25, -0.2) is 4.79 Å². The van der Waals surface area contributed by atoms with Crippen LogP contribution in [-0.2, 0) is 0 Å². The standard InChI is InChI=1S/C23H24ClN3O4/c1-13(25-16-4-3-5-17(10-16)27(2)23(29)30)18-8-15-9-19(24)21(31-12-14-6-7-14)11-20(15)26-22(18)28/h3-5,8-11,13-14,25H,6-7,12H2,1-2H3,(H,26,28)(H,29,30)/t13-/m0/s1. The van der Waals surface area contributed by atoms with E-state index in [1.165, 1.54) is 19.9 Å². The number of rotatable bonds is 7. The largest absolute Gasteiger partial charge is 0.492 e. The van der Waals surface area contributed by atoms with Gasteiger partial charge in [0, 0.05) is 35.4 Å². The number of fused-ring (bicyclic) bond motifs is 1. The monoisotopic (exact) mass is 441 g/mol. The zero-order valence-electron chi connectivity index (χ0n) is 17.3. The number of aromatic amines is 1. The number of H-pyrrole nitrogens is 1. The SMILES string of the molecule is C[C@H](Nc1cccc(N(C)C(=O)O)c1)c1cc2cc(Cl)c(OCC3CC3)cc2[nH]c1=O. The first kappa shape index (κ1) is 21.1. The van der Waals surface area contributed by atoms with E-state index in [0.717, 1.165) is 10.3 Å². The van der Waals surface area contributed by atoms with Crippen LogP contribution in [0.15, 0.2) is 47.3 Å². The predicted octanol–water partition coefficient (Wildman–Crippen LogP) is 5.26. The number of hydrogen-bond acceptors (Lipinski definition) is 4. The lowest BCUT2D eigenvalue weighted by Crippen LogP contribution is -2.24. The summed E-state index contributed by atoms with van der Waals surface area (Å²) in [6.07, 6.45) is 1.32. The number of aromatic nitrogens is 1. The van der Waals surface area contributed by atoms with Crippen LogP contribution in [0.25, 0.3) is 10.9 Å². The molecule has 162 valence electrons. The van der Waals surface area contributed by atoms with E-state index in [9.17, 15) is 9.59 Å². The van der Waals surface area contributed by atoms with Crippen molar-refractivity contribution in [3.63, 3.8) is 0 Å². The lowest BCUT2D eigenvalue weighted by atomic mass is 10.1.